The molecular formula is C15H22N2OS. The lowest BCUT2D eigenvalue weighted by Gasteiger charge is -2.35. The summed E-state index contributed by atoms with van der Waals surface area (Å²) in [6, 6.07) is 2.76. The molecule has 0 bridgehead atoms. The highest BCUT2D eigenvalue weighted by Crippen LogP contribution is 2.36. The van der Waals surface area contributed by atoms with Crippen molar-refractivity contribution >= 4 is 17.2 Å². The third-order valence-electron chi connectivity index (χ3n) is 4.56. The number of rotatable bonds is 2. The molecule has 3 rings (SSSR count). The van der Waals surface area contributed by atoms with Crippen molar-refractivity contribution in [3.63, 3.8) is 0 Å². The topological polar surface area (TPSA) is 32.3 Å². The zero-order valence-corrected chi connectivity index (χ0v) is 12.3. The number of carbonyl (C=O) groups is 1. The summed E-state index contributed by atoms with van der Waals surface area (Å²) in [5.74, 6) is 0.509. The Hall–Kier alpha value is -0.870. The number of hydrogen-bond acceptors (Lipinski definition) is 3. The number of likely N-dealkylation sites (tertiary alicyclic amines) is 1. The second-order valence-electron chi connectivity index (χ2n) is 5.63. The van der Waals surface area contributed by atoms with E-state index in [9.17, 15) is 4.79 Å². The molecule has 2 aliphatic rings. The average molecular weight is 278 g/mol. The van der Waals surface area contributed by atoms with Crippen molar-refractivity contribution in [1.29, 1.82) is 0 Å². The van der Waals surface area contributed by atoms with Crippen LogP contribution in [0.1, 0.15) is 42.0 Å². The number of fused-ring (bicyclic) bond motifs is 1. The molecule has 1 aliphatic heterocycles. The first-order chi connectivity index (χ1) is 9.29. The van der Waals surface area contributed by atoms with Gasteiger partial charge in [-0.25, -0.2) is 0 Å². The van der Waals surface area contributed by atoms with Gasteiger partial charge >= 0.3 is 0 Å². The van der Waals surface area contributed by atoms with Gasteiger partial charge in [-0.15, -0.1) is 11.3 Å². The molecule has 1 saturated heterocycles. The van der Waals surface area contributed by atoms with Crippen LogP contribution >= 0.6 is 11.3 Å². The minimum absolute atomic E-state index is 0.140. The molecule has 1 atom stereocenters. The molecule has 1 aromatic heterocycles. The number of hydrogen-bond donors (Lipinski definition) is 1. The van der Waals surface area contributed by atoms with Crippen molar-refractivity contribution in [1.82, 2.24) is 10.2 Å². The number of amides is 1. The number of piperidine rings is 1. The number of nitrogens with one attached hydrogen (secondary N) is 1. The lowest BCUT2D eigenvalue weighted by atomic mass is 9.86. The zero-order valence-electron chi connectivity index (χ0n) is 11.5. The molecule has 1 aromatic rings. The fraction of sp³-hybridized carbons (Fsp3) is 0.667. The maximum Gasteiger partial charge on any atom is 0.230 e. The summed E-state index contributed by atoms with van der Waals surface area (Å²) >= 11 is 1.82. The standard InChI is InChI=1S/C15H22N2OS/c1-16-11-5-8-17(9-6-11)15(18)13-3-2-4-14-12(13)7-10-19-14/h7,10-11,13,16H,2-6,8-9H2,1H3. The van der Waals surface area contributed by atoms with Crippen LogP contribution in [0.15, 0.2) is 11.4 Å². The summed E-state index contributed by atoms with van der Waals surface area (Å²) in [4.78, 5) is 16.2. The van der Waals surface area contributed by atoms with Gasteiger partial charge in [-0.2, -0.15) is 0 Å². The summed E-state index contributed by atoms with van der Waals surface area (Å²) < 4.78 is 0. The Kier molecular flexibility index (Phi) is 3.89. The predicted octanol–water partition coefficient (Wildman–Crippen LogP) is 2.38. The van der Waals surface area contributed by atoms with Crippen LogP contribution in [0.25, 0.3) is 0 Å². The fourth-order valence-corrected chi connectivity index (χ4v) is 4.34. The van der Waals surface area contributed by atoms with Crippen molar-refractivity contribution in [2.45, 2.75) is 44.1 Å². The van der Waals surface area contributed by atoms with Crippen LogP contribution in [-0.2, 0) is 11.2 Å². The van der Waals surface area contributed by atoms with Crippen LogP contribution in [-0.4, -0.2) is 37.0 Å². The molecule has 0 saturated carbocycles. The van der Waals surface area contributed by atoms with Gasteiger partial charge in [0.2, 0.25) is 5.91 Å². The van der Waals surface area contributed by atoms with Gasteiger partial charge in [-0.05, 0) is 56.2 Å². The molecule has 1 amide bonds. The first-order valence-electron chi connectivity index (χ1n) is 7.32. The van der Waals surface area contributed by atoms with Crippen molar-refractivity contribution in [3.05, 3.63) is 21.9 Å². The van der Waals surface area contributed by atoms with Gasteiger partial charge in [-0.3, -0.25) is 4.79 Å². The largest absolute Gasteiger partial charge is 0.342 e. The van der Waals surface area contributed by atoms with E-state index in [1.165, 1.54) is 16.9 Å². The van der Waals surface area contributed by atoms with Gasteiger partial charge in [-0.1, -0.05) is 0 Å². The smallest absolute Gasteiger partial charge is 0.230 e. The Morgan fingerprint density at radius 1 is 1.37 bits per heavy atom. The molecule has 2 heterocycles. The van der Waals surface area contributed by atoms with Crippen LogP contribution in [0.3, 0.4) is 0 Å². The maximum atomic E-state index is 12.7. The Morgan fingerprint density at radius 2 is 2.16 bits per heavy atom. The van der Waals surface area contributed by atoms with Crippen LogP contribution < -0.4 is 5.32 Å². The van der Waals surface area contributed by atoms with Gasteiger partial charge in [0.25, 0.3) is 0 Å². The van der Waals surface area contributed by atoms with Crippen molar-refractivity contribution in [2.24, 2.45) is 0 Å². The van der Waals surface area contributed by atoms with Gasteiger partial charge in [0.15, 0.2) is 0 Å². The van der Waals surface area contributed by atoms with E-state index >= 15 is 0 Å². The molecule has 0 radical (unpaired) electrons. The van der Waals surface area contributed by atoms with Gasteiger partial charge in [0.1, 0.15) is 0 Å². The van der Waals surface area contributed by atoms with E-state index in [1.54, 1.807) is 0 Å². The van der Waals surface area contributed by atoms with E-state index < -0.39 is 0 Å². The average Bonchev–Trinajstić information content (AvgIpc) is 2.95. The van der Waals surface area contributed by atoms with E-state index in [-0.39, 0.29) is 5.92 Å². The molecule has 3 nitrogen and oxygen atoms in total. The SMILES string of the molecule is CNC1CCN(C(=O)C2CCCc3sccc32)CC1. The molecule has 1 aliphatic carbocycles. The predicted molar refractivity (Wildman–Crippen MR) is 78.7 cm³/mol. The highest BCUT2D eigenvalue weighted by molar-refractivity contribution is 7.10. The van der Waals surface area contributed by atoms with Gasteiger partial charge in [0, 0.05) is 24.0 Å². The van der Waals surface area contributed by atoms with Crippen LogP contribution in [0.5, 0.6) is 0 Å². The van der Waals surface area contributed by atoms with Gasteiger partial charge in [0.05, 0.1) is 5.92 Å². The Labute approximate surface area is 119 Å². The second-order valence-corrected chi connectivity index (χ2v) is 6.63. The normalized spacial score (nSPS) is 24.3. The molecule has 0 aromatic carbocycles. The number of aryl methyl sites for hydroxylation is 1. The zero-order chi connectivity index (χ0) is 13.2. The number of nitrogens with zero attached hydrogens (tertiary/aromatic N) is 1. The summed E-state index contributed by atoms with van der Waals surface area (Å²) in [6.07, 6.45) is 5.54. The molecule has 0 spiro atoms. The summed E-state index contributed by atoms with van der Waals surface area (Å²) in [5.41, 5.74) is 1.32. The first kappa shape index (κ1) is 13.1. The molecule has 19 heavy (non-hydrogen) atoms. The Bertz CT molecular complexity index is 449. The molecule has 1 fully saturated rings. The lowest BCUT2D eigenvalue weighted by Crippen LogP contribution is -2.45. The second kappa shape index (κ2) is 5.63. The van der Waals surface area contributed by atoms with E-state index in [1.807, 2.05) is 18.4 Å². The number of carbonyl (C=O) groups excluding carboxylic acids is 1. The van der Waals surface area contributed by atoms with E-state index in [0.717, 1.165) is 38.8 Å². The summed E-state index contributed by atoms with van der Waals surface area (Å²) in [6.45, 7) is 1.83. The van der Waals surface area contributed by atoms with Gasteiger partial charge < -0.3 is 10.2 Å². The lowest BCUT2D eigenvalue weighted by molar-refractivity contribution is -0.134. The third kappa shape index (κ3) is 2.56. The molecule has 1 unspecified atom stereocenters. The first-order valence-corrected chi connectivity index (χ1v) is 8.20. The monoisotopic (exact) mass is 278 g/mol. The summed E-state index contributed by atoms with van der Waals surface area (Å²) in [7, 11) is 2.01. The molecule has 104 valence electrons. The third-order valence-corrected chi connectivity index (χ3v) is 5.56. The fourth-order valence-electron chi connectivity index (χ4n) is 3.35. The maximum absolute atomic E-state index is 12.7. The highest BCUT2D eigenvalue weighted by Gasteiger charge is 2.32. The van der Waals surface area contributed by atoms with Crippen LogP contribution in [0.2, 0.25) is 0 Å². The quantitative estimate of drug-likeness (QED) is 0.901. The number of thiophene rings is 1. The highest BCUT2D eigenvalue weighted by atomic mass is 32.1. The Balaban J connectivity index is 1.69. The van der Waals surface area contributed by atoms with Crippen molar-refractivity contribution in [3.8, 4) is 0 Å². The molecule has 4 heteroatoms. The van der Waals surface area contributed by atoms with Crippen molar-refractivity contribution < 1.29 is 4.79 Å². The minimum Gasteiger partial charge on any atom is -0.342 e. The van der Waals surface area contributed by atoms with Crippen LogP contribution in [0.4, 0.5) is 0 Å². The molecule has 1 N–H and O–H groups in total. The van der Waals surface area contributed by atoms with Crippen LogP contribution in [0, 0.1) is 0 Å². The van der Waals surface area contributed by atoms with Crippen molar-refractivity contribution in [2.75, 3.05) is 20.1 Å². The summed E-state index contributed by atoms with van der Waals surface area (Å²) in [5, 5.41) is 5.46. The van der Waals surface area contributed by atoms with E-state index in [0.29, 0.717) is 11.9 Å². The Morgan fingerprint density at radius 3 is 2.89 bits per heavy atom. The van der Waals surface area contributed by atoms with E-state index in [2.05, 4.69) is 21.7 Å². The van der Waals surface area contributed by atoms with E-state index in [4.69, 9.17) is 0 Å². The molecular weight excluding hydrogens is 256 g/mol. The minimum atomic E-state index is 0.140.